The van der Waals surface area contributed by atoms with Crippen LogP contribution in [0.15, 0.2) is 59.9 Å². The zero-order valence-corrected chi connectivity index (χ0v) is 19.8. The van der Waals surface area contributed by atoms with Crippen LogP contribution in [0.4, 0.5) is 5.69 Å². The van der Waals surface area contributed by atoms with Gasteiger partial charge in [0.15, 0.2) is 5.75 Å². The maximum absolute atomic E-state index is 13.0. The Morgan fingerprint density at radius 3 is 2.46 bits per heavy atom. The number of benzene rings is 2. The van der Waals surface area contributed by atoms with Crippen LogP contribution in [0.1, 0.15) is 41.7 Å². The van der Waals surface area contributed by atoms with E-state index >= 15 is 0 Å². The van der Waals surface area contributed by atoms with E-state index in [0.29, 0.717) is 25.9 Å². The normalized spacial score (nSPS) is 18.9. The van der Waals surface area contributed by atoms with Crippen LogP contribution in [0, 0.1) is 5.92 Å². The molecule has 2 atom stereocenters. The van der Waals surface area contributed by atoms with E-state index in [-0.39, 0.29) is 52.9 Å². The van der Waals surface area contributed by atoms with Gasteiger partial charge in [-0.25, -0.2) is 0 Å². The zero-order chi connectivity index (χ0) is 25.1. The van der Waals surface area contributed by atoms with Crippen LogP contribution in [0.3, 0.4) is 0 Å². The van der Waals surface area contributed by atoms with Crippen molar-refractivity contribution in [3.63, 3.8) is 0 Å². The first-order chi connectivity index (χ1) is 16.8. The van der Waals surface area contributed by atoms with Gasteiger partial charge in [-0.2, -0.15) is 0 Å². The summed E-state index contributed by atoms with van der Waals surface area (Å²) in [4.78, 5) is 41.4. The summed E-state index contributed by atoms with van der Waals surface area (Å²) in [6.07, 6.45) is 1.37. The zero-order valence-electron chi connectivity index (χ0n) is 19.8. The molecule has 9 nitrogen and oxygen atoms in total. The summed E-state index contributed by atoms with van der Waals surface area (Å²) in [6.45, 7) is 2.90. The van der Waals surface area contributed by atoms with Crippen LogP contribution in [-0.4, -0.2) is 64.5 Å². The Hall–Kier alpha value is -3.85. The van der Waals surface area contributed by atoms with Gasteiger partial charge >= 0.3 is 0 Å². The smallest absolute Gasteiger partial charge is 0.279 e. The summed E-state index contributed by atoms with van der Waals surface area (Å²) >= 11 is 0. The van der Waals surface area contributed by atoms with Gasteiger partial charge in [0.05, 0.1) is 17.3 Å². The van der Waals surface area contributed by atoms with Gasteiger partial charge in [-0.3, -0.25) is 19.3 Å². The number of nitrogens with zero attached hydrogens (tertiary/aromatic N) is 2. The van der Waals surface area contributed by atoms with E-state index in [1.165, 1.54) is 13.1 Å². The molecule has 0 bridgehead atoms. The maximum atomic E-state index is 13.0. The van der Waals surface area contributed by atoms with Crippen molar-refractivity contribution in [2.24, 2.45) is 5.92 Å². The van der Waals surface area contributed by atoms with Crippen molar-refractivity contribution in [1.29, 1.82) is 0 Å². The first-order valence-corrected chi connectivity index (χ1v) is 11.7. The predicted molar refractivity (Wildman–Crippen MR) is 130 cm³/mol. The maximum Gasteiger partial charge on any atom is 0.279 e. The minimum atomic E-state index is -0.540. The van der Waals surface area contributed by atoms with Gasteiger partial charge in [0, 0.05) is 32.7 Å². The Kier molecular flexibility index (Phi) is 7.07. The van der Waals surface area contributed by atoms with Gasteiger partial charge in [-0.15, -0.1) is 0 Å². The molecule has 2 heterocycles. The fourth-order valence-corrected chi connectivity index (χ4v) is 4.46. The number of hydrogen-bond acceptors (Lipinski definition) is 7. The van der Waals surface area contributed by atoms with Crippen LogP contribution in [-0.2, 0) is 9.59 Å². The Morgan fingerprint density at radius 2 is 1.80 bits per heavy atom. The lowest BCUT2D eigenvalue weighted by atomic mass is 10.0. The predicted octanol–water partition coefficient (Wildman–Crippen LogP) is 2.21. The monoisotopic (exact) mass is 478 g/mol. The van der Waals surface area contributed by atoms with Gasteiger partial charge in [0.2, 0.25) is 0 Å². The van der Waals surface area contributed by atoms with Gasteiger partial charge in [0.1, 0.15) is 11.4 Å². The molecule has 1 saturated heterocycles. The molecule has 0 unspecified atom stereocenters. The standard InChI is InChI=1S/C26H30N4O5/c1-3-19(17-8-5-4-6-9-17)27-21-22(26(35)29(2)25(21)34)28-20-11-7-10-18(23(20)32)24(33)30-13-12-16(14-30)15-31/h4-11,16,19,27-28,31-32H,3,12-15H2,1-2H3/t16-,19+/m0/s1. The molecular formula is C26H30N4O5. The molecule has 0 aromatic heterocycles. The number of hydrogen-bond donors (Lipinski definition) is 4. The fourth-order valence-electron chi connectivity index (χ4n) is 4.46. The number of nitrogens with one attached hydrogen (secondary N) is 2. The third-order valence-corrected chi connectivity index (χ3v) is 6.57. The molecule has 0 saturated carbocycles. The van der Waals surface area contributed by atoms with Crippen LogP contribution in [0.2, 0.25) is 0 Å². The molecule has 2 aromatic rings. The van der Waals surface area contributed by atoms with E-state index in [1.807, 2.05) is 37.3 Å². The third-order valence-electron chi connectivity index (χ3n) is 6.57. The number of anilines is 1. The molecule has 1 fully saturated rings. The van der Waals surface area contributed by atoms with Crippen LogP contribution < -0.4 is 10.6 Å². The molecule has 9 heteroatoms. The van der Waals surface area contributed by atoms with Crippen molar-refractivity contribution < 1.29 is 24.6 Å². The lowest BCUT2D eigenvalue weighted by molar-refractivity contribution is -0.136. The van der Waals surface area contributed by atoms with E-state index < -0.39 is 11.8 Å². The number of aliphatic hydroxyl groups excluding tert-OH is 1. The Bertz CT molecular complexity index is 1160. The highest BCUT2D eigenvalue weighted by Crippen LogP contribution is 2.33. The summed E-state index contributed by atoms with van der Waals surface area (Å²) in [7, 11) is 1.40. The summed E-state index contributed by atoms with van der Waals surface area (Å²) in [5.41, 5.74) is 1.32. The lowest BCUT2D eigenvalue weighted by Crippen LogP contribution is -2.31. The number of phenolic OH excluding ortho intramolecular Hbond substituents is 1. The first kappa shape index (κ1) is 24.3. The van der Waals surface area contributed by atoms with E-state index in [1.54, 1.807) is 17.0 Å². The number of amides is 3. The van der Waals surface area contributed by atoms with Crippen molar-refractivity contribution in [2.75, 3.05) is 32.1 Å². The number of phenols is 1. The van der Waals surface area contributed by atoms with E-state index in [4.69, 9.17) is 0 Å². The molecule has 0 aliphatic carbocycles. The second-order valence-corrected chi connectivity index (χ2v) is 8.85. The van der Waals surface area contributed by atoms with Crippen molar-refractivity contribution >= 4 is 23.4 Å². The largest absolute Gasteiger partial charge is 0.505 e. The summed E-state index contributed by atoms with van der Waals surface area (Å²) in [5, 5.41) is 26.4. The number of carbonyl (C=O) groups is 3. The minimum absolute atomic E-state index is 0.00663. The molecule has 0 radical (unpaired) electrons. The number of aliphatic hydroxyl groups is 1. The Balaban J connectivity index is 1.63. The van der Waals surface area contributed by atoms with Crippen molar-refractivity contribution in [2.45, 2.75) is 25.8 Å². The Labute approximate surface area is 204 Å². The minimum Gasteiger partial charge on any atom is -0.505 e. The molecule has 4 rings (SSSR count). The van der Waals surface area contributed by atoms with Crippen LogP contribution >= 0.6 is 0 Å². The second-order valence-electron chi connectivity index (χ2n) is 8.85. The number of para-hydroxylation sites is 1. The molecule has 2 aliphatic heterocycles. The highest BCUT2D eigenvalue weighted by atomic mass is 16.3. The fraction of sp³-hybridized carbons (Fsp3) is 0.346. The van der Waals surface area contributed by atoms with Crippen molar-refractivity contribution in [1.82, 2.24) is 15.1 Å². The quantitative estimate of drug-likeness (QED) is 0.339. The number of aromatic hydroxyl groups is 1. The summed E-state index contributed by atoms with van der Waals surface area (Å²) in [5.74, 6) is -1.65. The lowest BCUT2D eigenvalue weighted by Gasteiger charge is -2.20. The molecule has 0 spiro atoms. The number of carbonyl (C=O) groups excluding carboxylic acids is 3. The van der Waals surface area contributed by atoms with Crippen LogP contribution in [0.5, 0.6) is 5.75 Å². The number of imide groups is 1. The molecule has 184 valence electrons. The molecule has 2 aliphatic rings. The average Bonchev–Trinajstić information content (AvgIpc) is 3.44. The number of rotatable bonds is 8. The number of likely N-dealkylation sites (tertiary alicyclic amines) is 1. The van der Waals surface area contributed by atoms with Crippen LogP contribution in [0.25, 0.3) is 0 Å². The molecule has 35 heavy (non-hydrogen) atoms. The van der Waals surface area contributed by atoms with Crippen molar-refractivity contribution in [3.05, 3.63) is 71.1 Å². The molecule has 2 aromatic carbocycles. The SMILES string of the molecule is CC[C@@H](NC1=C(Nc2cccc(C(=O)N3CC[C@H](CO)C3)c2O)C(=O)N(C)C1=O)c1ccccc1. The molecule has 3 amide bonds. The topological polar surface area (TPSA) is 122 Å². The van der Waals surface area contributed by atoms with Gasteiger partial charge < -0.3 is 25.7 Å². The highest BCUT2D eigenvalue weighted by Gasteiger charge is 2.38. The summed E-state index contributed by atoms with van der Waals surface area (Å²) in [6, 6.07) is 14.1. The molecule has 4 N–H and O–H groups in total. The highest BCUT2D eigenvalue weighted by molar-refractivity contribution is 6.20. The third kappa shape index (κ3) is 4.72. The average molecular weight is 479 g/mol. The van der Waals surface area contributed by atoms with E-state index in [0.717, 1.165) is 10.5 Å². The van der Waals surface area contributed by atoms with Crippen molar-refractivity contribution in [3.8, 4) is 5.75 Å². The first-order valence-electron chi connectivity index (χ1n) is 11.7. The van der Waals surface area contributed by atoms with Gasteiger partial charge in [0.25, 0.3) is 17.7 Å². The van der Waals surface area contributed by atoms with E-state index in [9.17, 15) is 24.6 Å². The molecular weight excluding hydrogens is 448 g/mol. The van der Waals surface area contributed by atoms with Gasteiger partial charge in [-0.1, -0.05) is 43.3 Å². The summed E-state index contributed by atoms with van der Waals surface area (Å²) < 4.78 is 0. The van der Waals surface area contributed by atoms with Gasteiger partial charge in [-0.05, 0) is 30.5 Å². The second kappa shape index (κ2) is 10.2. The van der Waals surface area contributed by atoms with E-state index in [2.05, 4.69) is 10.6 Å². The number of likely N-dealkylation sites (N-methyl/N-ethyl adjacent to an activating group) is 1. The Morgan fingerprint density at radius 1 is 1.09 bits per heavy atom.